The van der Waals surface area contributed by atoms with E-state index in [4.69, 9.17) is 0 Å². The molecule has 1 fully saturated rings. The van der Waals surface area contributed by atoms with E-state index in [2.05, 4.69) is 52.0 Å². The molecule has 2 nitrogen and oxygen atoms in total. The van der Waals surface area contributed by atoms with Crippen molar-refractivity contribution in [1.29, 1.82) is 0 Å². The first-order valence-corrected chi connectivity index (χ1v) is 8.31. The molecule has 1 aliphatic carbocycles. The summed E-state index contributed by atoms with van der Waals surface area (Å²) in [7, 11) is 4.36. The van der Waals surface area contributed by atoms with Gasteiger partial charge >= 0.3 is 0 Å². The Balaban J connectivity index is 2.46. The van der Waals surface area contributed by atoms with E-state index in [0.29, 0.717) is 12.0 Å². The minimum Gasteiger partial charge on any atom is -0.310 e. The van der Waals surface area contributed by atoms with Crippen LogP contribution in [0.15, 0.2) is 0 Å². The molecule has 0 saturated heterocycles. The van der Waals surface area contributed by atoms with E-state index in [0.717, 1.165) is 24.4 Å². The molecule has 2 heteroatoms. The van der Waals surface area contributed by atoms with Crippen LogP contribution in [0, 0.1) is 17.8 Å². The quantitative estimate of drug-likeness (QED) is 0.738. The van der Waals surface area contributed by atoms with Gasteiger partial charge in [-0.1, -0.05) is 40.5 Å². The summed E-state index contributed by atoms with van der Waals surface area (Å²) in [6, 6.07) is 1.38. The predicted octanol–water partition coefficient (Wildman–Crippen LogP) is 3.77. The molecule has 1 N–H and O–H groups in total. The zero-order valence-corrected chi connectivity index (χ0v) is 14.1. The third-order valence-corrected chi connectivity index (χ3v) is 4.77. The van der Waals surface area contributed by atoms with E-state index in [9.17, 15) is 0 Å². The number of nitrogens with one attached hydrogen (secondary N) is 1. The normalized spacial score (nSPS) is 27.0. The van der Waals surface area contributed by atoms with Crippen LogP contribution < -0.4 is 5.32 Å². The summed E-state index contributed by atoms with van der Waals surface area (Å²) < 4.78 is 0. The lowest BCUT2D eigenvalue weighted by molar-refractivity contribution is 0.257. The first-order valence-electron chi connectivity index (χ1n) is 8.31. The number of rotatable bonds is 6. The summed E-state index contributed by atoms with van der Waals surface area (Å²) in [5, 5.41) is 3.94. The molecule has 114 valence electrons. The SMILES string of the molecule is CC(C)C1CCCC(NC(CN(C)C)C(C)C)CC1. The molecule has 0 aromatic rings. The molecule has 1 aliphatic rings. The van der Waals surface area contributed by atoms with E-state index in [1.54, 1.807) is 0 Å². The van der Waals surface area contributed by atoms with Crippen molar-refractivity contribution in [2.75, 3.05) is 20.6 Å². The second-order valence-corrected chi connectivity index (χ2v) is 7.49. The van der Waals surface area contributed by atoms with E-state index in [-0.39, 0.29) is 0 Å². The van der Waals surface area contributed by atoms with Crippen molar-refractivity contribution in [2.45, 2.75) is 71.9 Å². The van der Waals surface area contributed by atoms with Crippen molar-refractivity contribution < 1.29 is 0 Å². The van der Waals surface area contributed by atoms with Crippen molar-refractivity contribution in [3.8, 4) is 0 Å². The van der Waals surface area contributed by atoms with Gasteiger partial charge in [-0.3, -0.25) is 0 Å². The first kappa shape index (κ1) is 17.0. The van der Waals surface area contributed by atoms with Crippen molar-refractivity contribution >= 4 is 0 Å². The molecule has 0 aliphatic heterocycles. The Morgan fingerprint density at radius 1 is 1.00 bits per heavy atom. The van der Waals surface area contributed by atoms with Gasteiger partial charge in [-0.25, -0.2) is 0 Å². The molecule has 0 amide bonds. The molecule has 3 atom stereocenters. The fraction of sp³-hybridized carbons (Fsp3) is 1.00. The van der Waals surface area contributed by atoms with Gasteiger partial charge in [0.05, 0.1) is 0 Å². The minimum absolute atomic E-state index is 0.635. The van der Waals surface area contributed by atoms with Crippen LogP contribution >= 0.6 is 0 Å². The highest BCUT2D eigenvalue weighted by molar-refractivity contribution is 4.82. The summed E-state index contributed by atoms with van der Waals surface area (Å²) in [6.07, 6.45) is 7.02. The van der Waals surface area contributed by atoms with Crippen molar-refractivity contribution in [2.24, 2.45) is 17.8 Å². The van der Waals surface area contributed by atoms with E-state index < -0.39 is 0 Å². The van der Waals surface area contributed by atoms with Crippen LogP contribution in [0.5, 0.6) is 0 Å². The van der Waals surface area contributed by atoms with Crippen LogP contribution in [-0.4, -0.2) is 37.6 Å². The van der Waals surface area contributed by atoms with Gasteiger partial charge < -0.3 is 10.2 Å². The van der Waals surface area contributed by atoms with Crippen LogP contribution in [0.1, 0.15) is 59.8 Å². The van der Waals surface area contributed by atoms with E-state index in [1.807, 2.05) is 0 Å². The molecule has 0 bridgehead atoms. The smallest absolute Gasteiger partial charge is 0.0220 e. The van der Waals surface area contributed by atoms with Gasteiger partial charge in [0.15, 0.2) is 0 Å². The van der Waals surface area contributed by atoms with Crippen molar-refractivity contribution in [3.05, 3.63) is 0 Å². The van der Waals surface area contributed by atoms with Crippen molar-refractivity contribution in [1.82, 2.24) is 10.2 Å². The third kappa shape index (κ3) is 6.27. The second kappa shape index (κ2) is 8.26. The zero-order chi connectivity index (χ0) is 14.4. The van der Waals surface area contributed by atoms with Crippen LogP contribution in [-0.2, 0) is 0 Å². The Morgan fingerprint density at radius 2 is 1.68 bits per heavy atom. The molecular weight excluding hydrogens is 232 g/mol. The van der Waals surface area contributed by atoms with E-state index >= 15 is 0 Å². The summed E-state index contributed by atoms with van der Waals surface area (Å²) >= 11 is 0. The molecule has 0 aromatic heterocycles. The van der Waals surface area contributed by atoms with Gasteiger partial charge in [0.25, 0.3) is 0 Å². The standard InChI is InChI=1S/C17H36N2/c1-13(2)15-8-7-9-16(11-10-15)18-17(14(3)4)12-19(5)6/h13-18H,7-12H2,1-6H3. The molecule has 19 heavy (non-hydrogen) atoms. The number of hydrogen-bond donors (Lipinski definition) is 1. The van der Waals surface area contributed by atoms with Crippen LogP contribution in [0.4, 0.5) is 0 Å². The van der Waals surface area contributed by atoms with Crippen LogP contribution in [0.2, 0.25) is 0 Å². The van der Waals surface area contributed by atoms with Crippen LogP contribution in [0.25, 0.3) is 0 Å². The first-order chi connectivity index (χ1) is 8.90. The second-order valence-electron chi connectivity index (χ2n) is 7.49. The number of hydrogen-bond acceptors (Lipinski definition) is 2. The third-order valence-electron chi connectivity index (χ3n) is 4.77. The van der Waals surface area contributed by atoms with Gasteiger partial charge in [0, 0.05) is 18.6 Å². The molecule has 0 radical (unpaired) electrons. The zero-order valence-electron chi connectivity index (χ0n) is 14.1. The molecule has 0 spiro atoms. The average molecular weight is 268 g/mol. The van der Waals surface area contributed by atoms with Gasteiger partial charge in [-0.15, -0.1) is 0 Å². The fourth-order valence-corrected chi connectivity index (χ4v) is 3.32. The molecule has 1 saturated carbocycles. The fourth-order valence-electron chi connectivity index (χ4n) is 3.32. The summed E-state index contributed by atoms with van der Waals surface area (Å²) in [6.45, 7) is 10.6. The average Bonchev–Trinajstić information content (AvgIpc) is 2.53. The molecule has 0 heterocycles. The van der Waals surface area contributed by atoms with Gasteiger partial charge in [0.1, 0.15) is 0 Å². The predicted molar refractivity (Wildman–Crippen MR) is 85.5 cm³/mol. The van der Waals surface area contributed by atoms with Crippen molar-refractivity contribution in [3.63, 3.8) is 0 Å². The molecule has 1 rings (SSSR count). The maximum atomic E-state index is 3.94. The summed E-state index contributed by atoms with van der Waals surface area (Å²) in [5.74, 6) is 2.53. The monoisotopic (exact) mass is 268 g/mol. The van der Waals surface area contributed by atoms with Gasteiger partial charge in [-0.2, -0.15) is 0 Å². The lowest BCUT2D eigenvalue weighted by atomic mass is 9.89. The van der Waals surface area contributed by atoms with E-state index in [1.165, 1.54) is 32.1 Å². The highest BCUT2D eigenvalue weighted by atomic mass is 15.1. The largest absolute Gasteiger partial charge is 0.310 e. The molecule has 0 aromatic carbocycles. The highest BCUT2D eigenvalue weighted by Gasteiger charge is 2.24. The Morgan fingerprint density at radius 3 is 2.21 bits per heavy atom. The Kier molecular flexibility index (Phi) is 7.38. The number of nitrogens with zero attached hydrogens (tertiary/aromatic N) is 1. The summed E-state index contributed by atoms with van der Waals surface area (Å²) in [4.78, 5) is 2.31. The van der Waals surface area contributed by atoms with Gasteiger partial charge in [0.2, 0.25) is 0 Å². The maximum Gasteiger partial charge on any atom is 0.0220 e. The Labute approximate surface area is 121 Å². The minimum atomic E-state index is 0.635. The van der Waals surface area contributed by atoms with Crippen LogP contribution in [0.3, 0.4) is 0 Å². The lowest BCUT2D eigenvalue weighted by Gasteiger charge is -2.30. The topological polar surface area (TPSA) is 15.3 Å². The molecular formula is C17H36N2. The molecule has 3 unspecified atom stereocenters. The Hall–Kier alpha value is -0.0800. The Bertz CT molecular complexity index is 235. The maximum absolute atomic E-state index is 3.94. The lowest BCUT2D eigenvalue weighted by Crippen LogP contribution is -2.46. The highest BCUT2D eigenvalue weighted by Crippen LogP contribution is 2.29. The summed E-state index contributed by atoms with van der Waals surface area (Å²) in [5.41, 5.74) is 0. The number of likely N-dealkylation sites (N-methyl/N-ethyl adjacent to an activating group) is 1. The van der Waals surface area contributed by atoms with Gasteiger partial charge in [-0.05, 0) is 51.1 Å².